The van der Waals surface area contributed by atoms with E-state index in [0.29, 0.717) is 36.9 Å². The molecule has 23 heteroatoms. The second-order valence-electron chi connectivity index (χ2n) is 15.3. The number of fused-ring (bicyclic) bond motifs is 1. The maximum absolute atomic E-state index is 14.7. The van der Waals surface area contributed by atoms with E-state index < -0.39 is 108 Å². The number of amides is 1. The lowest BCUT2D eigenvalue weighted by Gasteiger charge is -2.46. The molecule has 22 nitrogen and oxygen atoms in total. The number of nitrogens with one attached hydrogen (secondary N) is 1. The van der Waals surface area contributed by atoms with Crippen LogP contribution in [-0.2, 0) is 43.3 Å². The Morgan fingerprint density at radius 3 is 2.40 bits per heavy atom. The molecule has 1 amide bonds. The maximum Gasteiger partial charge on any atom is 0.303 e. The van der Waals surface area contributed by atoms with E-state index in [0.717, 1.165) is 4.90 Å². The molecule has 1 aliphatic carbocycles. The van der Waals surface area contributed by atoms with E-state index in [1.54, 1.807) is 6.07 Å². The molecule has 0 radical (unpaired) electrons. The lowest BCUT2D eigenvalue weighted by molar-refractivity contribution is -0.357. The molecule has 58 heavy (non-hydrogen) atoms. The molecule has 324 valence electrons. The third-order valence-corrected chi connectivity index (χ3v) is 12.9. The van der Waals surface area contributed by atoms with Gasteiger partial charge in [0.2, 0.25) is 10.0 Å². The highest BCUT2D eigenvalue weighted by Gasteiger charge is 2.51. The summed E-state index contributed by atoms with van der Waals surface area (Å²) in [6, 6.07) is -0.448. The summed E-state index contributed by atoms with van der Waals surface area (Å²) in [4.78, 5) is 52.3. The first-order chi connectivity index (χ1) is 27.4. The van der Waals surface area contributed by atoms with Gasteiger partial charge in [-0.1, -0.05) is 0 Å². The van der Waals surface area contributed by atoms with Crippen molar-refractivity contribution in [2.75, 3.05) is 37.9 Å². The van der Waals surface area contributed by atoms with Crippen molar-refractivity contribution in [1.29, 1.82) is 0 Å². The fourth-order valence-electron chi connectivity index (χ4n) is 8.09. The minimum Gasteiger partial charge on any atom is -0.455 e. The summed E-state index contributed by atoms with van der Waals surface area (Å²) in [5, 5.41) is 52.3. The Hall–Kier alpha value is -3.46. The van der Waals surface area contributed by atoms with Gasteiger partial charge in [-0.3, -0.25) is 19.0 Å². The van der Waals surface area contributed by atoms with E-state index in [9.17, 15) is 48.3 Å². The van der Waals surface area contributed by atoms with Crippen LogP contribution in [0.25, 0.3) is 11.0 Å². The number of esters is 1. The molecule has 2 unspecified atom stereocenters. The van der Waals surface area contributed by atoms with E-state index in [4.69, 9.17) is 29.4 Å². The van der Waals surface area contributed by atoms with Crippen LogP contribution in [0, 0.1) is 5.92 Å². The van der Waals surface area contributed by atoms with Crippen LogP contribution in [0.15, 0.2) is 18.6 Å². The number of nitrogens with two attached hydrogens (primary N) is 1. The number of sulfonamides is 1. The summed E-state index contributed by atoms with van der Waals surface area (Å²) >= 11 is 0. The van der Waals surface area contributed by atoms with Gasteiger partial charge >= 0.3 is 5.97 Å². The molecule has 2 aromatic heterocycles. The Bertz CT molecular complexity index is 1900. The maximum atomic E-state index is 14.7. The van der Waals surface area contributed by atoms with Crippen LogP contribution in [-0.4, -0.2) is 184 Å². The van der Waals surface area contributed by atoms with Crippen LogP contribution in [0.4, 0.5) is 5.82 Å². The molecule has 3 aliphatic heterocycles. The monoisotopic (exact) mass is 843 g/mol. The van der Waals surface area contributed by atoms with Crippen molar-refractivity contribution in [1.82, 2.24) is 24.2 Å². The molecule has 12 atom stereocenters. The highest BCUT2D eigenvalue weighted by molar-refractivity contribution is 7.89. The predicted octanol–water partition coefficient (Wildman–Crippen LogP) is -3.26. The van der Waals surface area contributed by atoms with Crippen LogP contribution < -0.4 is 15.4 Å². The Morgan fingerprint density at radius 2 is 1.74 bits per heavy atom. The van der Waals surface area contributed by atoms with Gasteiger partial charge < -0.3 is 64.8 Å². The number of anilines is 1. The molecule has 0 spiro atoms. The first-order valence-corrected chi connectivity index (χ1v) is 20.8. The van der Waals surface area contributed by atoms with Crippen molar-refractivity contribution in [3.8, 4) is 0 Å². The quantitative estimate of drug-likeness (QED) is 0.103. The molecule has 0 aromatic carbocycles. The second-order valence-corrected chi connectivity index (χ2v) is 17.3. The third-order valence-electron chi connectivity index (χ3n) is 11.3. The number of likely N-dealkylation sites (tertiary alicyclic amines) is 1. The number of aliphatic hydroxyl groups excluding tert-OH is 5. The van der Waals surface area contributed by atoms with Crippen molar-refractivity contribution in [3.05, 3.63) is 18.6 Å². The summed E-state index contributed by atoms with van der Waals surface area (Å²) < 4.78 is 56.5. The van der Waals surface area contributed by atoms with Crippen molar-refractivity contribution in [2.45, 2.75) is 126 Å². The lowest BCUT2D eigenvalue weighted by Crippen LogP contribution is -2.64. The standard InChI is InChI=1S/C35H53N7O15S/c1-16(43)31(48)42-12-24(56-34-27(47)25(45)26(46)33(50)57-34)23(55-35-28(54-17(2)44)21(36)13-53-35)11-22(42)32(49)41-10-9-20-29(38-15-39-30(20)41)40(4)19-7-5-18(6-8-19)14-58(51,52)37-3/h9-10,15-16,18-19,21-28,33-35,37,43,45-47,50H,5-8,11-14,36H2,1-4H3/t16-,18-,19-,21-,22?,23+,24-,25-,26-,27+,28+,33+,34-,35?/m1/s1. The molecule has 6 rings (SSSR count). The van der Waals surface area contributed by atoms with Crippen molar-refractivity contribution < 1.29 is 72.0 Å². The van der Waals surface area contributed by atoms with Crippen LogP contribution in [0.3, 0.4) is 0 Å². The molecular weight excluding hydrogens is 790 g/mol. The summed E-state index contributed by atoms with van der Waals surface area (Å²) in [6.45, 7) is 1.86. The molecule has 0 bridgehead atoms. The fourth-order valence-corrected chi connectivity index (χ4v) is 9.21. The highest BCUT2D eigenvalue weighted by atomic mass is 32.2. The topological polar surface area (TPSA) is 308 Å². The number of ether oxygens (including phenoxy) is 5. The zero-order chi connectivity index (χ0) is 42.2. The summed E-state index contributed by atoms with van der Waals surface area (Å²) in [7, 11) is -0.0788. The largest absolute Gasteiger partial charge is 0.455 e. The fraction of sp³-hybridized carbons (Fsp3) is 0.743. The van der Waals surface area contributed by atoms with Gasteiger partial charge in [-0.25, -0.2) is 23.1 Å². The zero-order valence-electron chi connectivity index (χ0n) is 32.5. The van der Waals surface area contributed by atoms with Crippen LogP contribution >= 0.6 is 0 Å². The Labute approximate surface area is 334 Å². The van der Waals surface area contributed by atoms with Crippen molar-refractivity contribution >= 4 is 44.7 Å². The van der Waals surface area contributed by atoms with E-state index in [1.807, 2.05) is 11.9 Å². The molecule has 8 N–H and O–H groups in total. The van der Waals surface area contributed by atoms with Gasteiger partial charge in [-0.05, 0) is 51.6 Å². The average Bonchev–Trinajstić information content (AvgIpc) is 3.78. The SMILES string of the molecule is CNS(=O)(=O)C[C@H]1CC[C@H](N(C)c2ncnc3c2ccn3C(=O)C2C[C@H](OC3OC[C@@H](N)[C@@H]3OC(C)=O)[C@H](O[C@@H]3O[C@H](O)[C@H](O)[C@@H](O)[C@@H]3O)CN2C(=O)[C@@H](C)O)CC1. The number of piperidine rings is 1. The summed E-state index contributed by atoms with van der Waals surface area (Å²) in [5.41, 5.74) is 6.37. The number of nitrogens with zero attached hydrogens (tertiary/aromatic N) is 5. The predicted molar refractivity (Wildman–Crippen MR) is 199 cm³/mol. The first-order valence-electron chi connectivity index (χ1n) is 19.1. The second kappa shape index (κ2) is 18.0. The highest BCUT2D eigenvalue weighted by Crippen LogP contribution is 2.35. The minimum atomic E-state index is -3.35. The van der Waals surface area contributed by atoms with E-state index >= 15 is 0 Å². The molecular formula is C35H53N7O15S. The Kier molecular flexibility index (Phi) is 13.7. The molecule has 1 saturated carbocycles. The van der Waals surface area contributed by atoms with Crippen molar-refractivity contribution in [2.24, 2.45) is 11.7 Å². The normalized spacial score (nSPS) is 35.1. The smallest absolute Gasteiger partial charge is 0.303 e. The summed E-state index contributed by atoms with van der Waals surface area (Å²) in [5.74, 6) is -1.59. The van der Waals surface area contributed by atoms with Gasteiger partial charge in [0.25, 0.3) is 11.8 Å². The van der Waals surface area contributed by atoms with E-state index in [-0.39, 0.29) is 36.4 Å². The number of hydrogen-bond acceptors (Lipinski definition) is 19. The minimum absolute atomic E-state index is 0.0164. The third kappa shape index (κ3) is 9.29. The van der Waals surface area contributed by atoms with Crippen LogP contribution in [0.2, 0.25) is 0 Å². The van der Waals surface area contributed by atoms with Crippen LogP contribution in [0.1, 0.15) is 50.7 Å². The van der Waals surface area contributed by atoms with Gasteiger partial charge in [-0.2, -0.15) is 0 Å². The number of rotatable bonds is 12. The van der Waals surface area contributed by atoms with E-state index in [1.165, 1.54) is 38.0 Å². The Balaban J connectivity index is 1.29. The van der Waals surface area contributed by atoms with E-state index in [2.05, 4.69) is 14.7 Å². The number of aliphatic hydroxyl groups is 5. The average molecular weight is 844 g/mol. The Morgan fingerprint density at radius 1 is 1.05 bits per heavy atom. The van der Waals surface area contributed by atoms with Gasteiger partial charge in [0.05, 0.1) is 36.4 Å². The molecule has 5 heterocycles. The lowest BCUT2D eigenvalue weighted by atomic mass is 9.86. The van der Waals surface area contributed by atoms with Gasteiger partial charge in [0.15, 0.2) is 30.6 Å². The zero-order valence-corrected chi connectivity index (χ0v) is 33.3. The van der Waals surface area contributed by atoms with Crippen molar-refractivity contribution in [3.63, 3.8) is 0 Å². The molecule has 3 saturated heterocycles. The molecule has 2 aromatic rings. The summed E-state index contributed by atoms with van der Waals surface area (Å²) in [6.07, 6.45) is -10.6. The van der Waals surface area contributed by atoms with Gasteiger partial charge in [0.1, 0.15) is 48.7 Å². The number of aromatic nitrogens is 3. The molecule has 4 fully saturated rings. The molecule has 4 aliphatic rings. The number of hydrogen-bond donors (Lipinski definition) is 7. The van der Waals surface area contributed by atoms with Gasteiger partial charge in [-0.15, -0.1) is 0 Å². The van der Waals surface area contributed by atoms with Crippen LogP contribution in [0.5, 0.6) is 0 Å². The number of carbonyl (C=O) groups excluding carboxylic acids is 3. The first kappa shape index (κ1) is 44.1. The number of carbonyl (C=O) groups is 3. The van der Waals surface area contributed by atoms with Gasteiger partial charge in [0, 0.05) is 32.6 Å².